The van der Waals surface area contributed by atoms with E-state index < -0.39 is 0 Å². The Morgan fingerprint density at radius 2 is 1.76 bits per heavy atom. The molecular weight excluding hydrogens is 422 g/mol. The lowest BCUT2D eigenvalue weighted by Gasteiger charge is -2.14. The Balaban J connectivity index is 1.98. The van der Waals surface area contributed by atoms with Gasteiger partial charge in [0.05, 0.1) is 24.8 Å². The molecule has 0 bridgehead atoms. The standard InChI is InChI=1S/C18H14BrNO3S2/c1-22-14-8-11(13(19)10-15(14)23-2)9-16-17(21)20(18(24)25-16)12-6-4-3-5-7-12/h3-10H,1-2H3/b16-9-. The summed E-state index contributed by atoms with van der Waals surface area (Å²) in [6.45, 7) is 0. The maximum atomic E-state index is 12.8. The summed E-state index contributed by atoms with van der Waals surface area (Å²) in [6, 6.07) is 13.0. The molecule has 1 aliphatic rings. The molecule has 0 spiro atoms. The molecular formula is C18H14BrNO3S2. The molecule has 3 rings (SSSR count). The van der Waals surface area contributed by atoms with Gasteiger partial charge in [-0.1, -0.05) is 58.1 Å². The van der Waals surface area contributed by atoms with Gasteiger partial charge in [0.15, 0.2) is 15.8 Å². The van der Waals surface area contributed by atoms with Crippen LogP contribution in [-0.4, -0.2) is 24.4 Å². The lowest BCUT2D eigenvalue weighted by molar-refractivity contribution is -0.113. The van der Waals surface area contributed by atoms with E-state index in [2.05, 4.69) is 15.9 Å². The van der Waals surface area contributed by atoms with Crippen LogP contribution in [0.1, 0.15) is 5.56 Å². The Hall–Kier alpha value is -1.83. The Bertz CT molecular complexity index is 868. The number of halogens is 1. The summed E-state index contributed by atoms with van der Waals surface area (Å²) in [6.07, 6.45) is 1.80. The van der Waals surface area contributed by atoms with Crippen LogP contribution in [0.4, 0.5) is 5.69 Å². The molecule has 1 aliphatic heterocycles. The number of amides is 1. The number of nitrogens with zero attached hydrogens (tertiary/aromatic N) is 1. The highest BCUT2D eigenvalue weighted by molar-refractivity contribution is 9.10. The molecule has 2 aromatic rings. The largest absolute Gasteiger partial charge is 0.493 e. The maximum Gasteiger partial charge on any atom is 0.270 e. The van der Waals surface area contributed by atoms with Crippen molar-refractivity contribution in [3.8, 4) is 11.5 Å². The van der Waals surface area contributed by atoms with E-state index in [4.69, 9.17) is 21.7 Å². The number of thioether (sulfide) groups is 1. The van der Waals surface area contributed by atoms with Gasteiger partial charge < -0.3 is 9.47 Å². The van der Waals surface area contributed by atoms with E-state index in [0.717, 1.165) is 15.7 Å². The summed E-state index contributed by atoms with van der Waals surface area (Å²) in [4.78, 5) is 14.9. The van der Waals surface area contributed by atoms with Gasteiger partial charge >= 0.3 is 0 Å². The molecule has 0 atom stereocenters. The van der Waals surface area contributed by atoms with Crippen LogP contribution in [0.2, 0.25) is 0 Å². The van der Waals surface area contributed by atoms with Crippen molar-refractivity contribution in [1.29, 1.82) is 0 Å². The lowest BCUT2D eigenvalue weighted by atomic mass is 10.1. The number of hydrogen-bond donors (Lipinski definition) is 0. The Morgan fingerprint density at radius 3 is 2.40 bits per heavy atom. The van der Waals surface area contributed by atoms with Gasteiger partial charge in [0.2, 0.25) is 0 Å². The summed E-state index contributed by atoms with van der Waals surface area (Å²) in [5, 5.41) is 0. The van der Waals surface area contributed by atoms with Crippen LogP contribution in [0.3, 0.4) is 0 Å². The highest BCUT2D eigenvalue weighted by atomic mass is 79.9. The molecule has 25 heavy (non-hydrogen) atoms. The molecule has 128 valence electrons. The number of ether oxygens (including phenoxy) is 2. The molecule has 1 fully saturated rings. The van der Waals surface area contributed by atoms with Gasteiger partial charge in [0, 0.05) is 4.47 Å². The minimum atomic E-state index is -0.136. The summed E-state index contributed by atoms with van der Waals surface area (Å²) >= 11 is 10.2. The smallest absolute Gasteiger partial charge is 0.270 e. The van der Waals surface area contributed by atoms with Gasteiger partial charge in [-0.3, -0.25) is 9.69 Å². The second-order valence-electron chi connectivity index (χ2n) is 5.08. The van der Waals surface area contributed by atoms with Crippen molar-refractivity contribution in [2.45, 2.75) is 0 Å². The Kier molecular flexibility index (Phi) is 5.46. The van der Waals surface area contributed by atoms with E-state index >= 15 is 0 Å². The quantitative estimate of drug-likeness (QED) is 0.505. The summed E-state index contributed by atoms with van der Waals surface area (Å²) in [7, 11) is 3.15. The number of rotatable bonds is 4. The van der Waals surface area contributed by atoms with E-state index in [0.29, 0.717) is 20.7 Å². The topological polar surface area (TPSA) is 38.8 Å². The summed E-state index contributed by atoms with van der Waals surface area (Å²) < 4.78 is 11.9. The van der Waals surface area contributed by atoms with Gasteiger partial charge in [0.25, 0.3) is 5.91 Å². The van der Waals surface area contributed by atoms with Gasteiger partial charge in [-0.15, -0.1) is 0 Å². The first-order chi connectivity index (χ1) is 12.0. The van der Waals surface area contributed by atoms with E-state index in [1.807, 2.05) is 42.5 Å². The minimum Gasteiger partial charge on any atom is -0.493 e. The van der Waals surface area contributed by atoms with E-state index in [1.54, 1.807) is 25.2 Å². The maximum absolute atomic E-state index is 12.8. The highest BCUT2D eigenvalue weighted by Gasteiger charge is 2.33. The zero-order valence-electron chi connectivity index (χ0n) is 13.5. The zero-order valence-corrected chi connectivity index (χ0v) is 16.7. The fraction of sp³-hybridized carbons (Fsp3) is 0.111. The van der Waals surface area contributed by atoms with E-state index in [9.17, 15) is 4.79 Å². The number of hydrogen-bond acceptors (Lipinski definition) is 5. The van der Waals surface area contributed by atoms with Crippen molar-refractivity contribution >= 4 is 61.9 Å². The molecule has 0 aromatic heterocycles. The molecule has 0 saturated carbocycles. The number of benzene rings is 2. The molecule has 4 nitrogen and oxygen atoms in total. The van der Waals surface area contributed by atoms with Crippen molar-refractivity contribution < 1.29 is 14.3 Å². The van der Waals surface area contributed by atoms with Crippen molar-refractivity contribution in [1.82, 2.24) is 0 Å². The molecule has 1 saturated heterocycles. The molecule has 1 amide bonds. The van der Waals surface area contributed by atoms with Gasteiger partial charge in [0.1, 0.15) is 0 Å². The van der Waals surface area contributed by atoms with Crippen LogP contribution in [0, 0.1) is 0 Å². The first kappa shape index (κ1) is 18.0. The molecule has 2 aromatic carbocycles. The molecule has 1 heterocycles. The molecule has 0 aliphatic carbocycles. The SMILES string of the molecule is COc1cc(Br)c(/C=C2\SC(=S)N(c3ccccc3)C2=O)cc1OC. The number of methoxy groups -OCH3 is 2. The predicted molar refractivity (Wildman–Crippen MR) is 109 cm³/mol. The van der Waals surface area contributed by atoms with E-state index in [-0.39, 0.29) is 5.91 Å². The summed E-state index contributed by atoms with van der Waals surface area (Å²) in [5.74, 6) is 1.07. The number of para-hydroxylation sites is 1. The fourth-order valence-electron chi connectivity index (χ4n) is 2.39. The third kappa shape index (κ3) is 3.58. The Morgan fingerprint density at radius 1 is 1.12 bits per heavy atom. The number of carbonyl (C=O) groups is 1. The van der Waals surface area contributed by atoms with Gasteiger partial charge in [-0.2, -0.15) is 0 Å². The molecule has 0 unspecified atom stereocenters. The molecule has 0 radical (unpaired) electrons. The lowest BCUT2D eigenvalue weighted by Crippen LogP contribution is -2.27. The van der Waals surface area contributed by atoms with Gasteiger partial charge in [-0.25, -0.2) is 0 Å². The van der Waals surface area contributed by atoms with Crippen LogP contribution in [0.15, 0.2) is 51.8 Å². The second kappa shape index (κ2) is 7.59. The summed E-state index contributed by atoms with van der Waals surface area (Å²) in [5.41, 5.74) is 1.57. The first-order valence-electron chi connectivity index (χ1n) is 7.29. The van der Waals surface area contributed by atoms with Crippen LogP contribution < -0.4 is 14.4 Å². The normalized spacial score (nSPS) is 15.8. The van der Waals surface area contributed by atoms with Gasteiger partial charge in [-0.05, 0) is 35.9 Å². The molecule has 0 N–H and O–H groups in total. The van der Waals surface area contributed by atoms with Crippen molar-refractivity contribution in [2.75, 3.05) is 19.1 Å². The van der Waals surface area contributed by atoms with Crippen molar-refractivity contribution in [3.05, 3.63) is 57.4 Å². The van der Waals surface area contributed by atoms with Crippen LogP contribution in [-0.2, 0) is 4.79 Å². The highest BCUT2D eigenvalue weighted by Crippen LogP contribution is 2.39. The number of thiocarbonyl (C=S) groups is 1. The minimum absolute atomic E-state index is 0.136. The van der Waals surface area contributed by atoms with Crippen molar-refractivity contribution in [3.63, 3.8) is 0 Å². The van der Waals surface area contributed by atoms with Crippen LogP contribution >= 0.6 is 39.9 Å². The number of anilines is 1. The predicted octanol–water partition coefficient (Wildman–Crippen LogP) is 4.87. The fourth-order valence-corrected chi connectivity index (χ4v) is 4.12. The second-order valence-corrected chi connectivity index (χ2v) is 7.61. The van der Waals surface area contributed by atoms with Crippen molar-refractivity contribution in [2.24, 2.45) is 0 Å². The zero-order chi connectivity index (χ0) is 18.0. The average molecular weight is 436 g/mol. The monoisotopic (exact) mass is 435 g/mol. The van der Waals surface area contributed by atoms with E-state index in [1.165, 1.54) is 11.8 Å². The molecule has 7 heteroatoms. The third-order valence-electron chi connectivity index (χ3n) is 3.60. The first-order valence-corrected chi connectivity index (χ1v) is 9.31. The average Bonchev–Trinajstić information content (AvgIpc) is 2.90. The van der Waals surface area contributed by atoms with Crippen LogP contribution in [0.5, 0.6) is 11.5 Å². The number of carbonyl (C=O) groups excluding carboxylic acids is 1. The Labute approximate surface area is 163 Å². The van der Waals surface area contributed by atoms with Crippen LogP contribution in [0.25, 0.3) is 6.08 Å². The third-order valence-corrected chi connectivity index (χ3v) is 5.59.